The van der Waals surface area contributed by atoms with Crippen LogP contribution in [-0.4, -0.2) is 24.3 Å². The van der Waals surface area contributed by atoms with Crippen LogP contribution >= 0.6 is 0 Å². The van der Waals surface area contributed by atoms with E-state index in [9.17, 15) is 13.2 Å². The summed E-state index contributed by atoms with van der Waals surface area (Å²) in [5.74, 6) is 0. The molecule has 0 saturated heterocycles. The molecule has 2 heterocycles. The smallest absolute Gasteiger partial charge is 0.248 e. The van der Waals surface area contributed by atoms with Crippen LogP contribution in [0, 0.1) is 0 Å². The Balaban J connectivity index is 2.01. The maximum Gasteiger partial charge on any atom is 0.248 e. The molecule has 0 aliphatic carbocycles. The largest absolute Gasteiger partial charge is 0.366 e. The SMILES string of the molecule is O=c1cc[nH]cc1S(=O)(=O)N1CCCc2ccccc2C1. The zero-order valence-electron chi connectivity index (χ0n) is 11.5. The number of sulfonamides is 1. The molecule has 0 atom stereocenters. The molecule has 3 rings (SSSR count). The molecule has 0 spiro atoms. The summed E-state index contributed by atoms with van der Waals surface area (Å²) >= 11 is 0. The molecule has 110 valence electrons. The van der Waals surface area contributed by atoms with Gasteiger partial charge in [0.1, 0.15) is 4.90 Å². The number of nitrogens with zero attached hydrogens (tertiary/aromatic N) is 1. The molecule has 0 amide bonds. The van der Waals surface area contributed by atoms with E-state index >= 15 is 0 Å². The number of H-pyrrole nitrogens is 1. The second-order valence-electron chi connectivity index (χ2n) is 5.08. The lowest BCUT2D eigenvalue weighted by Gasteiger charge is -2.20. The summed E-state index contributed by atoms with van der Waals surface area (Å²) in [6.45, 7) is 0.734. The molecule has 1 aliphatic rings. The average molecular weight is 304 g/mol. The summed E-state index contributed by atoms with van der Waals surface area (Å²) in [6.07, 6.45) is 4.29. The van der Waals surface area contributed by atoms with Crippen LogP contribution in [0.3, 0.4) is 0 Å². The van der Waals surface area contributed by atoms with Gasteiger partial charge in [-0.25, -0.2) is 8.42 Å². The minimum absolute atomic E-state index is 0.190. The summed E-state index contributed by atoms with van der Waals surface area (Å²) in [7, 11) is -3.77. The Kier molecular flexibility index (Phi) is 3.65. The van der Waals surface area contributed by atoms with Crippen molar-refractivity contribution in [2.45, 2.75) is 24.3 Å². The van der Waals surface area contributed by atoms with Gasteiger partial charge >= 0.3 is 0 Å². The summed E-state index contributed by atoms with van der Waals surface area (Å²) in [5.41, 5.74) is 1.70. The maximum atomic E-state index is 12.7. The lowest BCUT2D eigenvalue weighted by Crippen LogP contribution is -2.33. The second-order valence-corrected chi connectivity index (χ2v) is 6.99. The van der Waals surface area contributed by atoms with Gasteiger partial charge in [-0.05, 0) is 24.0 Å². The van der Waals surface area contributed by atoms with E-state index in [2.05, 4.69) is 4.98 Å². The van der Waals surface area contributed by atoms with Gasteiger partial charge < -0.3 is 4.98 Å². The van der Waals surface area contributed by atoms with Gasteiger partial charge in [-0.1, -0.05) is 24.3 Å². The van der Waals surface area contributed by atoms with E-state index in [-0.39, 0.29) is 4.90 Å². The van der Waals surface area contributed by atoms with Gasteiger partial charge in [0.15, 0.2) is 0 Å². The predicted molar refractivity (Wildman–Crippen MR) is 79.4 cm³/mol. The van der Waals surface area contributed by atoms with Crippen LogP contribution in [0.4, 0.5) is 0 Å². The first-order chi connectivity index (χ1) is 10.1. The minimum atomic E-state index is -3.77. The fourth-order valence-corrected chi connectivity index (χ4v) is 4.11. The monoisotopic (exact) mass is 304 g/mol. The van der Waals surface area contributed by atoms with Crippen molar-refractivity contribution in [2.24, 2.45) is 0 Å². The molecule has 0 fully saturated rings. The number of hydrogen-bond donors (Lipinski definition) is 1. The van der Waals surface area contributed by atoms with Crippen LogP contribution in [0.5, 0.6) is 0 Å². The van der Waals surface area contributed by atoms with Gasteiger partial charge in [-0.3, -0.25) is 4.79 Å². The van der Waals surface area contributed by atoms with Gasteiger partial charge in [0, 0.05) is 31.5 Å². The molecule has 2 aromatic rings. The Bertz CT molecular complexity index is 811. The van der Waals surface area contributed by atoms with E-state index in [1.165, 1.54) is 28.3 Å². The van der Waals surface area contributed by atoms with E-state index in [1.807, 2.05) is 24.3 Å². The number of aromatic amines is 1. The molecular formula is C15H16N2O3S. The number of hydrogen-bond acceptors (Lipinski definition) is 3. The molecule has 1 aliphatic heterocycles. The number of rotatable bonds is 2. The maximum absolute atomic E-state index is 12.7. The Morgan fingerprint density at radius 1 is 1.10 bits per heavy atom. The molecule has 1 aromatic heterocycles. The lowest BCUT2D eigenvalue weighted by atomic mass is 10.0. The zero-order chi connectivity index (χ0) is 14.9. The number of pyridine rings is 1. The minimum Gasteiger partial charge on any atom is -0.366 e. The van der Waals surface area contributed by atoms with Crippen molar-refractivity contribution in [3.63, 3.8) is 0 Å². The van der Waals surface area contributed by atoms with Crippen LogP contribution < -0.4 is 5.43 Å². The third kappa shape index (κ3) is 2.64. The van der Waals surface area contributed by atoms with Gasteiger partial charge in [-0.2, -0.15) is 4.31 Å². The summed E-state index contributed by atoms with van der Waals surface area (Å²) in [6, 6.07) is 9.08. The average Bonchev–Trinajstić information content (AvgIpc) is 2.70. The van der Waals surface area contributed by atoms with E-state index in [4.69, 9.17) is 0 Å². The van der Waals surface area contributed by atoms with Crippen molar-refractivity contribution < 1.29 is 8.42 Å². The van der Waals surface area contributed by atoms with Crippen molar-refractivity contribution in [3.8, 4) is 0 Å². The normalized spacial score (nSPS) is 16.2. The van der Waals surface area contributed by atoms with Crippen molar-refractivity contribution >= 4 is 10.0 Å². The quantitative estimate of drug-likeness (QED) is 0.914. The summed E-state index contributed by atoms with van der Waals surface area (Å²) < 4.78 is 26.7. The second kappa shape index (κ2) is 5.46. The number of aryl methyl sites for hydroxylation is 1. The Morgan fingerprint density at radius 2 is 1.86 bits per heavy atom. The van der Waals surface area contributed by atoms with Crippen LogP contribution in [-0.2, 0) is 23.0 Å². The molecule has 1 aromatic carbocycles. The first-order valence-electron chi connectivity index (χ1n) is 6.83. The first-order valence-corrected chi connectivity index (χ1v) is 8.27. The number of benzene rings is 1. The molecule has 0 radical (unpaired) electrons. The topological polar surface area (TPSA) is 70.2 Å². The summed E-state index contributed by atoms with van der Waals surface area (Å²) in [4.78, 5) is 14.3. The van der Waals surface area contributed by atoms with E-state index < -0.39 is 15.5 Å². The van der Waals surface area contributed by atoms with Gasteiger partial charge in [0.25, 0.3) is 0 Å². The van der Waals surface area contributed by atoms with Crippen molar-refractivity contribution in [2.75, 3.05) is 6.54 Å². The van der Waals surface area contributed by atoms with Gasteiger partial charge in [0.05, 0.1) is 0 Å². The first kappa shape index (κ1) is 14.0. The van der Waals surface area contributed by atoms with Gasteiger partial charge in [0.2, 0.25) is 15.5 Å². The Morgan fingerprint density at radius 3 is 2.62 bits per heavy atom. The van der Waals surface area contributed by atoms with Crippen LogP contribution in [0.25, 0.3) is 0 Å². The molecule has 1 N–H and O–H groups in total. The molecule has 0 unspecified atom stereocenters. The van der Waals surface area contributed by atoms with Gasteiger partial charge in [-0.15, -0.1) is 0 Å². The van der Waals surface area contributed by atoms with Crippen LogP contribution in [0.2, 0.25) is 0 Å². The highest BCUT2D eigenvalue weighted by atomic mass is 32.2. The van der Waals surface area contributed by atoms with Crippen molar-refractivity contribution in [1.82, 2.24) is 9.29 Å². The number of fused-ring (bicyclic) bond motifs is 1. The third-order valence-corrected chi connectivity index (χ3v) is 5.59. The standard InChI is InChI=1S/C15H16N2O3S/c18-14-7-8-16-10-15(14)21(19,20)17-9-3-6-12-4-1-2-5-13(12)11-17/h1-2,4-5,7-8,10H,3,6,9,11H2,(H,16,18). The van der Waals surface area contributed by atoms with E-state index in [0.717, 1.165) is 18.4 Å². The Labute approximate surface area is 123 Å². The Hall–Kier alpha value is -1.92. The molecular weight excluding hydrogens is 288 g/mol. The lowest BCUT2D eigenvalue weighted by molar-refractivity contribution is 0.409. The highest BCUT2D eigenvalue weighted by molar-refractivity contribution is 7.89. The van der Waals surface area contributed by atoms with E-state index in [0.29, 0.717) is 13.1 Å². The third-order valence-electron chi connectivity index (χ3n) is 3.72. The number of nitrogens with one attached hydrogen (secondary N) is 1. The van der Waals surface area contributed by atoms with Crippen LogP contribution in [0.1, 0.15) is 17.5 Å². The molecule has 5 nitrogen and oxygen atoms in total. The number of aromatic nitrogens is 1. The zero-order valence-corrected chi connectivity index (χ0v) is 12.3. The van der Waals surface area contributed by atoms with Crippen molar-refractivity contribution in [1.29, 1.82) is 0 Å². The van der Waals surface area contributed by atoms with Crippen LogP contribution in [0.15, 0.2) is 52.4 Å². The summed E-state index contributed by atoms with van der Waals surface area (Å²) in [5, 5.41) is 0. The van der Waals surface area contributed by atoms with Crippen molar-refractivity contribution in [3.05, 3.63) is 64.1 Å². The predicted octanol–water partition coefficient (Wildman–Crippen LogP) is 1.51. The molecule has 6 heteroatoms. The molecule has 21 heavy (non-hydrogen) atoms. The molecule has 0 bridgehead atoms. The highest BCUT2D eigenvalue weighted by Crippen LogP contribution is 2.22. The fraction of sp³-hybridized carbons (Fsp3) is 0.267. The van der Waals surface area contributed by atoms with E-state index in [1.54, 1.807) is 0 Å². The highest BCUT2D eigenvalue weighted by Gasteiger charge is 2.28. The fourth-order valence-electron chi connectivity index (χ4n) is 2.62. The molecule has 0 saturated carbocycles.